The summed E-state index contributed by atoms with van der Waals surface area (Å²) >= 11 is 6.52. The van der Waals surface area contributed by atoms with Crippen molar-refractivity contribution in [3.63, 3.8) is 0 Å². The molecule has 2 saturated heterocycles. The van der Waals surface area contributed by atoms with E-state index in [0.717, 1.165) is 107 Å². The number of carbonyl (C=O) groups is 1. The van der Waals surface area contributed by atoms with Crippen LogP contribution in [0.15, 0.2) is 48.6 Å². The van der Waals surface area contributed by atoms with Crippen LogP contribution in [-0.4, -0.2) is 126 Å². The van der Waals surface area contributed by atoms with E-state index in [1.54, 1.807) is 13.0 Å². The summed E-state index contributed by atoms with van der Waals surface area (Å²) in [5.74, 6) is 0.505. The van der Waals surface area contributed by atoms with Crippen molar-refractivity contribution in [1.29, 1.82) is 0 Å². The molecule has 0 unspecified atom stereocenters. The third-order valence-electron chi connectivity index (χ3n) is 14.1. The lowest BCUT2D eigenvalue weighted by atomic mass is 9.63. The van der Waals surface area contributed by atoms with Crippen LogP contribution in [0.1, 0.15) is 67.4 Å². The molecule has 54 heavy (non-hydrogen) atoms. The number of likely N-dealkylation sites (N-methyl/N-ethyl adjacent to an activating group) is 1. The van der Waals surface area contributed by atoms with Crippen molar-refractivity contribution in [2.24, 2.45) is 17.8 Å². The van der Waals surface area contributed by atoms with Gasteiger partial charge in [0.15, 0.2) is 0 Å². The molecular formula is C42H58ClN5O5S. The molecule has 2 bridgehead atoms. The Bertz CT molecular complexity index is 1880. The van der Waals surface area contributed by atoms with Crippen molar-refractivity contribution in [2.75, 3.05) is 84.6 Å². The molecule has 2 aromatic rings. The smallest absolute Gasteiger partial charge is 0.264 e. The number of hydrogen-bond donors (Lipinski definition) is 1. The van der Waals surface area contributed by atoms with Crippen molar-refractivity contribution in [3.8, 4) is 5.75 Å². The molecule has 4 aliphatic heterocycles. The number of nitrogens with zero attached hydrogens (tertiary/aromatic N) is 4. The van der Waals surface area contributed by atoms with Gasteiger partial charge in [-0.2, -0.15) is 0 Å². The number of fused-ring (bicyclic) bond motifs is 5. The van der Waals surface area contributed by atoms with Gasteiger partial charge < -0.3 is 19.3 Å². The number of anilines is 1. The zero-order chi connectivity index (χ0) is 37.8. The summed E-state index contributed by atoms with van der Waals surface area (Å²) in [6, 6.07) is 12.2. The Morgan fingerprint density at radius 2 is 1.87 bits per heavy atom. The molecule has 1 spiro atoms. The third kappa shape index (κ3) is 7.22. The lowest BCUT2D eigenvalue weighted by molar-refractivity contribution is -0.101. The van der Waals surface area contributed by atoms with Gasteiger partial charge in [0, 0.05) is 88.1 Å². The molecule has 0 aromatic heterocycles. The summed E-state index contributed by atoms with van der Waals surface area (Å²) in [5.41, 5.74) is 2.93. The molecule has 4 heterocycles. The van der Waals surface area contributed by atoms with E-state index < -0.39 is 26.8 Å². The molecule has 0 radical (unpaired) electrons. The second-order valence-electron chi connectivity index (χ2n) is 17.4. The quantitative estimate of drug-likeness (QED) is 0.423. The van der Waals surface area contributed by atoms with E-state index in [4.69, 9.17) is 21.1 Å². The lowest BCUT2D eigenvalue weighted by Crippen LogP contribution is -2.64. The fourth-order valence-corrected chi connectivity index (χ4v) is 12.0. The first kappa shape index (κ1) is 38.2. The van der Waals surface area contributed by atoms with Gasteiger partial charge in [-0.1, -0.05) is 36.7 Å². The van der Waals surface area contributed by atoms with Gasteiger partial charge >= 0.3 is 0 Å². The number of nitrogens with one attached hydrogen (secondary N) is 1. The number of aryl methyl sites for hydroxylation is 1. The maximum atomic E-state index is 13.7. The van der Waals surface area contributed by atoms with E-state index in [1.807, 2.05) is 32.2 Å². The lowest BCUT2D eigenvalue weighted by Gasteiger charge is -2.53. The van der Waals surface area contributed by atoms with Crippen LogP contribution in [0.5, 0.6) is 5.75 Å². The molecule has 10 nitrogen and oxygen atoms in total. The molecule has 2 aromatic carbocycles. The molecular weight excluding hydrogens is 722 g/mol. The van der Waals surface area contributed by atoms with Gasteiger partial charge in [0.1, 0.15) is 11.4 Å². The van der Waals surface area contributed by atoms with Crippen LogP contribution >= 0.6 is 11.6 Å². The van der Waals surface area contributed by atoms with Gasteiger partial charge in [-0.15, -0.1) is 0 Å². The number of hydrogen-bond acceptors (Lipinski definition) is 9. The number of halogens is 1. The van der Waals surface area contributed by atoms with E-state index in [1.165, 1.54) is 11.1 Å². The molecule has 294 valence electrons. The van der Waals surface area contributed by atoms with E-state index >= 15 is 0 Å². The molecule has 2 aliphatic carbocycles. The summed E-state index contributed by atoms with van der Waals surface area (Å²) in [7, 11) is 0.142. The van der Waals surface area contributed by atoms with Gasteiger partial charge in [0.05, 0.1) is 17.5 Å². The maximum absolute atomic E-state index is 13.7. The minimum atomic E-state index is -3.96. The van der Waals surface area contributed by atoms with Crippen LogP contribution in [0.4, 0.5) is 5.69 Å². The van der Waals surface area contributed by atoms with Gasteiger partial charge in [-0.25, -0.2) is 13.1 Å². The van der Waals surface area contributed by atoms with Crippen LogP contribution in [0.2, 0.25) is 5.02 Å². The highest BCUT2D eigenvalue weighted by Gasteiger charge is 2.50. The number of piperazine rings is 2. The van der Waals surface area contributed by atoms with E-state index in [0.29, 0.717) is 30.6 Å². The Hall–Kier alpha value is -2.67. The van der Waals surface area contributed by atoms with Crippen molar-refractivity contribution in [3.05, 3.63) is 70.3 Å². The summed E-state index contributed by atoms with van der Waals surface area (Å²) < 4.78 is 43.2. The van der Waals surface area contributed by atoms with E-state index in [2.05, 4.69) is 55.7 Å². The Labute approximate surface area is 327 Å². The summed E-state index contributed by atoms with van der Waals surface area (Å²) in [5, 5.41) is -0.0229. The first-order valence-electron chi connectivity index (χ1n) is 20.1. The van der Waals surface area contributed by atoms with Gasteiger partial charge in [0.25, 0.3) is 5.91 Å². The number of amides is 1. The number of methoxy groups -OCH3 is 1. The van der Waals surface area contributed by atoms with Crippen LogP contribution in [0.25, 0.3) is 0 Å². The normalized spacial score (nSPS) is 35.4. The fourth-order valence-electron chi connectivity index (χ4n) is 10.5. The van der Waals surface area contributed by atoms with E-state index in [-0.39, 0.29) is 17.3 Å². The maximum Gasteiger partial charge on any atom is 0.264 e. The average molecular weight is 780 g/mol. The SMILES string of the molecule is CO[C@@]1(CN2CCN3CCN(C)C[C@@H]3C2)/C=C/C[C@H](C)[C@@H](C)S(=O)(=O)NC(=O)c2ccc3c(c2)N(C[C@@H]2CC[C@H]21)C[C@@]1(CCCc2cc(Cl)ccc21)CO3. The molecule has 1 N–H and O–H groups in total. The number of rotatable bonds is 3. The van der Waals surface area contributed by atoms with Crippen molar-refractivity contribution in [2.45, 2.75) is 74.7 Å². The topological polar surface area (TPSA) is 94.7 Å². The van der Waals surface area contributed by atoms with Crippen LogP contribution in [0.3, 0.4) is 0 Å². The van der Waals surface area contributed by atoms with Crippen molar-refractivity contribution < 1.29 is 22.7 Å². The number of benzene rings is 2. The standard InChI is InChI=1S/C42H58ClN5O5S/c1-29-7-5-16-42(52-4,27-46-18-20-47-19-17-45(3)24-35(47)25-46)37-12-9-33(37)23-48-26-41(15-6-8-31-21-34(43)11-13-36(31)41)28-53-39-14-10-32(22-38(39)48)40(49)44-54(50,51)30(29)2/h5,10-11,13-14,16,21-22,29-30,33,35,37H,6-9,12,15,17-20,23-28H2,1-4H3,(H,44,49)/b16-5+/t29-,30+,33-,35+,37+,41-,42+/m0/s1. The number of allylic oxidation sites excluding steroid dienone is 1. The number of ether oxygens (including phenoxy) is 2. The molecule has 1 amide bonds. The van der Waals surface area contributed by atoms with Crippen LogP contribution in [-0.2, 0) is 26.6 Å². The summed E-state index contributed by atoms with van der Waals surface area (Å²) in [4.78, 5) is 23.9. The monoisotopic (exact) mass is 779 g/mol. The zero-order valence-corrected chi connectivity index (χ0v) is 34.0. The molecule has 6 aliphatic rings. The van der Waals surface area contributed by atoms with Gasteiger partial charge in [0.2, 0.25) is 10.0 Å². The zero-order valence-electron chi connectivity index (χ0n) is 32.4. The first-order chi connectivity index (χ1) is 25.9. The van der Waals surface area contributed by atoms with Gasteiger partial charge in [-0.3, -0.25) is 14.6 Å². The van der Waals surface area contributed by atoms with Crippen LogP contribution < -0.4 is 14.4 Å². The Kier molecular flexibility index (Phi) is 10.6. The Morgan fingerprint density at radius 3 is 2.67 bits per heavy atom. The van der Waals surface area contributed by atoms with Crippen molar-refractivity contribution >= 4 is 33.2 Å². The fraction of sp³-hybridized carbons (Fsp3) is 0.643. The van der Waals surface area contributed by atoms with Crippen molar-refractivity contribution in [1.82, 2.24) is 19.4 Å². The molecule has 1 saturated carbocycles. The van der Waals surface area contributed by atoms with E-state index in [9.17, 15) is 13.2 Å². The number of sulfonamides is 1. The average Bonchev–Trinajstić information content (AvgIpc) is 3.28. The third-order valence-corrected chi connectivity index (χ3v) is 16.2. The minimum Gasteiger partial charge on any atom is -0.490 e. The summed E-state index contributed by atoms with van der Waals surface area (Å²) in [6.45, 7) is 12.9. The molecule has 3 fully saturated rings. The predicted molar refractivity (Wildman–Crippen MR) is 214 cm³/mol. The number of carbonyl (C=O) groups excluding carboxylic acids is 1. The minimum absolute atomic E-state index is 0.215. The Morgan fingerprint density at radius 1 is 1.04 bits per heavy atom. The second-order valence-corrected chi connectivity index (χ2v) is 19.8. The highest BCUT2D eigenvalue weighted by Crippen LogP contribution is 2.49. The molecule has 7 atom stereocenters. The summed E-state index contributed by atoms with van der Waals surface area (Å²) in [6.07, 6.45) is 10.2. The second kappa shape index (κ2) is 15.0. The molecule has 12 heteroatoms. The highest BCUT2D eigenvalue weighted by molar-refractivity contribution is 7.90. The predicted octanol–water partition coefficient (Wildman–Crippen LogP) is 5.20. The first-order valence-corrected chi connectivity index (χ1v) is 22.1. The molecule has 8 rings (SSSR count). The largest absolute Gasteiger partial charge is 0.490 e. The van der Waals surface area contributed by atoms with Crippen LogP contribution in [0, 0.1) is 17.8 Å². The van der Waals surface area contributed by atoms with Gasteiger partial charge in [-0.05, 0) is 112 Å². The highest BCUT2D eigenvalue weighted by atomic mass is 35.5. The Balaban J connectivity index is 1.18.